The number of carbonyl (C=O) groups is 2. The highest BCUT2D eigenvalue weighted by Crippen LogP contribution is 2.41. The fraction of sp³-hybridized carbons (Fsp3) is 0.417. The summed E-state index contributed by atoms with van der Waals surface area (Å²) in [6.07, 6.45) is -2.15. The maximum Gasteiger partial charge on any atom is 0.306 e. The standard InChI is InChI=1S/C24H29NO5/c1-15(2)14-25-19-11-7-5-9-17(19)23(30-21(24(25)28)13-22(26)27)18-10-6-8-12-20(18)29-16(3)4/h5-12,15-16,21,23H,13-14H2,1-4H3,(H,26,27). The number of benzene rings is 2. The Labute approximate surface area is 177 Å². The molecular formula is C24H29NO5. The van der Waals surface area contributed by atoms with Gasteiger partial charge in [0.05, 0.1) is 12.5 Å². The minimum absolute atomic E-state index is 0.0407. The number of carboxylic acids is 1. The zero-order valence-corrected chi connectivity index (χ0v) is 17.9. The van der Waals surface area contributed by atoms with Crippen molar-refractivity contribution in [3.63, 3.8) is 0 Å². The molecule has 0 aromatic heterocycles. The predicted octanol–water partition coefficient (Wildman–Crippen LogP) is 4.43. The Balaban J connectivity index is 2.16. The number of ether oxygens (including phenoxy) is 2. The SMILES string of the molecule is CC(C)CN1C(=O)C(CC(=O)O)OC(c2ccccc2OC(C)C)c2ccccc21. The van der Waals surface area contributed by atoms with E-state index in [9.17, 15) is 14.7 Å². The van der Waals surface area contributed by atoms with Gasteiger partial charge in [-0.1, -0.05) is 50.2 Å². The van der Waals surface area contributed by atoms with Crippen LogP contribution in [0.25, 0.3) is 0 Å². The number of nitrogens with zero attached hydrogens (tertiary/aromatic N) is 1. The van der Waals surface area contributed by atoms with E-state index < -0.39 is 24.6 Å². The summed E-state index contributed by atoms with van der Waals surface area (Å²) in [6, 6.07) is 15.1. The Morgan fingerprint density at radius 2 is 1.70 bits per heavy atom. The highest BCUT2D eigenvalue weighted by molar-refractivity contribution is 5.99. The summed E-state index contributed by atoms with van der Waals surface area (Å²) >= 11 is 0. The van der Waals surface area contributed by atoms with E-state index in [1.807, 2.05) is 76.2 Å². The number of anilines is 1. The van der Waals surface area contributed by atoms with Gasteiger partial charge in [-0.3, -0.25) is 9.59 Å². The summed E-state index contributed by atoms with van der Waals surface area (Å²) in [5.74, 6) is -0.538. The lowest BCUT2D eigenvalue weighted by atomic mass is 9.98. The van der Waals surface area contributed by atoms with Gasteiger partial charge >= 0.3 is 5.97 Å². The quantitative estimate of drug-likeness (QED) is 0.730. The molecule has 6 nitrogen and oxygen atoms in total. The summed E-state index contributed by atoms with van der Waals surface area (Å²) in [7, 11) is 0. The number of carbonyl (C=O) groups excluding carboxylic acids is 1. The van der Waals surface area contributed by atoms with Gasteiger partial charge in [-0.2, -0.15) is 0 Å². The van der Waals surface area contributed by atoms with Crippen LogP contribution in [-0.2, 0) is 14.3 Å². The molecule has 0 bridgehead atoms. The summed E-state index contributed by atoms with van der Waals surface area (Å²) < 4.78 is 12.2. The van der Waals surface area contributed by atoms with Gasteiger partial charge in [0.2, 0.25) is 0 Å². The van der Waals surface area contributed by atoms with Crippen molar-refractivity contribution in [2.45, 2.75) is 52.4 Å². The molecule has 2 aromatic rings. The zero-order valence-electron chi connectivity index (χ0n) is 17.9. The van der Waals surface area contributed by atoms with Crippen molar-refractivity contribution in [2.24, 2.45) is 5.92 Å². The number of para-hydroxylation sites is 2. The maximum absolute atomic E-state index is 13.3. The van der Waals surface area contributed by atoms with Gasteiger partial charge < -0.3 is 19.5 Å². The molecule has 160 valence electrons. The monoisotopic (exact) mass is 411 g/mol. The summed E-state index contributed by atoms with van der Waals surface area (Å²) in [5.41, 5.74) is 2.33. The van der Waals surface area contributed by atoms with Crippen molar-refractivity contribution in [2.75, 3.05) is 11.4 Å². The first-order valence-electron chi connectivity index (χ1n) is 10.3. The molecule has 3 rings (SSSR count). The lowest BCUT2D eigenvalue weighted by molar-refractivity contribution is -0.147. The first-order valence-corrected chi connectivity index (χ1v) is 10.3. The Hall–Kier alpha value is -2.86. The molecule has 0 spiro atoms. The number of hydrogen-bond acceptors (Lipinski definition) is 4. The molecule has 1 aliphatic heterocycles. The zero-order chi connectivity index (χ0) is 21.8. The molecule has 2 unspecified atom stereocenters. The number of carboxylic acid groups (broad SMARTS) is 1. The topological polar surface area (TPSA) is 76.1 Å². The average Bonchev–Trinajstić information content (AvgIpc) is 2.78. The molecule has 2 atom stereocenters. The molecule has 1 heterocycles. The van der Waals surface area contributed by atoms with E-state index in [2.05, 4.69) is 0 Å². The molecule has 0 saturated carbocycles. The molecule has 1 N–H and O–H groups in total. The maximum atomic E-state index is 13.3. The number of hydrogen-bond donors (Lipinski definition) is 1. The van der Waals surface area contributed by atoms with Crippen LogP contribution in [0.3, 0.4) is 0 Å². The number of fused-ring (bicyclic) bond motifs is 1. The Morgan fingerprint density at radius 3 is 2.33 bits per heavy atom. The van der Waals surface area contributed by atoms with Gasteiger partial charge in [-0.05, 0) is 31.9 Å². The second-order valence-electron chi connectivity index (χ2n) is 8.21. The summed E-state index contributed by atoms with van der Waals surface area (Å²) in [6.45, 7) is 8.42. The van der Waals surface area contributed by atoms with E-state index in [4.69, 9.17) is 9.47 Å². The molecule has 0 aliphatic carbocycles. The molecule has 0 saturated heterocycles. The first-order chi connectivity index (χ1) is 14.3. The molecule has 1 amide bonds. The normalized spacial score (nSPS) is 19.0. The summed E-state index contributed by atoms with van der Waals surface area (Å²) in [5, 5.41) is 9.42. The van der Waals surface area contributed by atoms with Crippen molar-refractivity contribution >= 4 is 17.6 Å². The van der Waals surface area contributed by atoms with Crippen molar-refractivity contribution in [1.82, 2.24) is 0 Å². The van der Waals surface area contributed by atoms with Gasteiger partial charge in [0.1, 0.15) is 18.0 Å². The first kappa shape index (κ1) is 21.8. The molecule has 2 aromatic carbocycles. The fourth-order valence-electron chi connectivity index (χ4n) is 3.69. The highest BCUT2D eigenvalue weighted by atomic mass is 16.5. The van der Waals surface area contributed by atoms with Crippen LogP contribution in [0.4, 0.5) is 5.69 Å². The number of aliphatic carboxylic acids is 1. The van der Waals surface area contributed by atoms with Crippen LogP contribution in [0, 0.1) is 5.92 Å². The van der Waals surface area contributed by atoms with Crippen LogP contribution >= 0.6 is 0 Å². The van der Waals surface area contributed by atoms with E-state index in [0.29, 0.717) is 12.3 Å². The van der Waals surface area contributed by atoms with Gasteiger partial charge in [0, 0.05) is 23.4 Å². The number of amides is 1. The smallest absolute Gasteiger partial charge is 0.306 e. The van der Waals surface area contributed by atoms with E-state index in [0.717, 1.165) is 16.8 Å². The van der Waals surface area contributed by atoms with E-state index in [1.54, 1.807) is 4.90 Å². The Kier molecular flexibility index (Phi) is 6.77. The van der Waals surface area contributed by atoms with Crippen LogP contribution in [0.15, 0.2) is 48.5 Å². The van der Waals surface area contributed by atoms with Crippen molar-refractivity contribution in [3.8, 4) is 5.75 Å². The average molecular weight is 411 g/mol. The second-order valence-corrected chi connectivity index (χ2v) is 8.21. The molecule has 6 heteroatoms. The largest absolute Gasteiger partial charge is 0.491 e. The van der Waals surface area contributed by atoms with Crippen LogP contribution in [0.1, 0.15) is 51.3 Å². The lowest BCUT2D eigenvalue weighted by Crippen LogP contribution is -2.42. The molecule has 1 aliphatic rings. The van der Waals surface area contributed by atoms with Crippen LogP contribution in [0.5, 0.6) is 5.75 Å². The predicted molar refractivity (Wildman–Crippen MR) is 115 cm³/mol. The van der Waals surface area contributed by atoms with Crippen molar-refractivity contribution < 1.29 is 24.2 Å². The Morgan fingerprint density at radius 1 is 1.07 bits per heavy atom. The number of rotatable bonds is 7. The van der Waals surface area contributed by atoms with E-state index in [1.165, 1.54) is 0 Å². The van der Waals surface area contributed by atoms with Gasteiger partial charge in [0.25, 0.3) is 5.91 Å². The lowest BCUT2D eigenvalue weighted by Gasteiger charge is -2.26. The third-order valence-corrected chi connectivity index (χ3v) is 4.82. The van der Waals surface area contributed by atoms with Gasteiger partial charge in [0.15, 0.2) is 0 Å². The Bertz CT molecular complexity index is 908. The minimum Gasteiger partial charge on any atom is -0.491 e. The van der Waals surface area contributed by atoms with Crippen LogP contribution in [0.2, 0.25) is 0 Å². The molecule has 0 radical (unpaired) electrons. The summed E-state index contributed by atoms with van der Waals surface area (Å²) in [4.78, 5) is 26.5. The third kappa shape index (κ3) is 4.82. The van der Waals surface area contributed by atoms with Gasteiger partial charge in [-0.25, -0.2) is 0 Å². The second kappa shape index (κ2) is 9.30. The fourth-order valence-corrected chi connectivity index (χ4v) is 3.69. The van der Waals surface area contributed by atoms with Gasteiger partial charge in [-0.15, -0.1) is 0 Å². The van der Waals surface area contributed by atoms with Crippen LogP contribution in [-0.4, -0.2) is 35.7 Å². The van der Waals surface area contributed by atoms with Crippen molar-refractivity contribution in [3.05, 3.63) is 59.7 Å². The van der Waals surface area contributed by atoms with Crippen molar-refractivity contribution in [1.29, 1.82) is 0 Å². The van der Waals surface area contributed by atoms with E-state index >= 15 is 0 Å². The highest BCUT2D eigenvalue weighted by Gasteiger charge is 2.38. The minimum atomic E-state index is -1.09. The van der Waals surface area contributed by atoms with E-state index in [-0.39, 0.29) is 17.9 Å². The molecule has 30 heavy (non-hydrogen) atoms. The molecule has 0 fully saturated rings. The third-order valence-electron chi connectivity index (χ3n) is 4.82. The van der Waals surface area contributed by atoms with Crippen LogP contribution < -0.4 is 9.64 Å². The molecular weight excluding hydrogens is 382 g/mol.